The summed E-state index contributed by atoms with van der Waals surface area (Å²) in [5.41, 5.74) is 7.30. The van der Waals surface area contributed by atoms with Gasteiger partial charge in [0.1, 0.15) is 22.3 Å². The van der Waals surface area contributed by atoms with Gasteiger partial charge in [0.25, 0.3) is 0 Å². The maximum Gasteiger partial charge on any atom is 0.488 e. The molecular formula is C45H45BBrCl3N4O6. The number of anilines is 2. The van der Waals surface area contributed by atoms with Gasteiger partial charge in [-0.2, -0.15) is 0 Å². The van der Waals surface area contributed by atoms with Gasteiger partial charge in [0, 0.05) is 75.9 Å². The molecule has 0 bridgehead atoms. The Morgan fingerprint density at radius 3 is 1.70 bits per heavy atom. The van der Waals surface area contributed by atoms with Crippen molar-refractivity contribution in [2.24, 2.45) is 0 Å². The van der Waals surface area contributed by atoms with E-state index in [1.54, 1.807) is 48.8 Å². The normalized spacial score (nSPS) is 15.8. The van der Waals surface area contributed by atoms with E-state index in [9.17, 15) is 10.2 Å². The standard InChI is InChI=1S/C22H20Cl2N2O2.C16H16BrClN2O2.C7H9BO2/c23-19-5-2-1-4-18(19)15-7-8-16(14-27)21(12-15)26-11-9-17(13-26)28-22-20(24)6-3-10-25-22;17-12-4-3-11(10-21)15(8-12)20-7-5-13(9-20)22-16-14(18)2-1-6-19-16;1-6-4-2-3-5-7(6)8(9)10/h1-8,10,12,17,27H,9,11,13-14H2;1-4,6,8,13,21H,5,7,9-10H2;2-5,9-10H,1H3/t17-;13-;/m00./s1. The van der Waals surface area contributed by atoms with Gasteiger partial charge in [-0.05, 0) is 66.5 Å². The van der Waals surface area contributed by atoms with Crippen LogP contribution in [-0.2, 0) is 13.2 Å². The molecule has 0 spiro atoms. The number of rotatable bonds is 10. The monoisotopic (exact) mass is 932 g/mol. The quantitative estimate of drug-likeness (QED) is 0.0993. The highest BCUT2D eigenvalue weighted by Crippen LogP contribution is 2.35. The lowest BCUT2D eigenvalue weighted by molar-refractivity contribution is 0.215. The van der Waals surface area contributed by atoms with E-state index in [0.717, 1.165) is 76.1 Å². The molecule has 2 aliphatic rings. The molecule has 312 valence electrons. The van der Waals surface area contributed by atoms with Crippen LogP contribution in [0.15, 0.2) is 126 Å². The second-order valence-corrected chi connectivity index (χ2v) is 16.3. The largest absolute Gasteiger partial charge is 0.488 e. The molecule has 0 unspecified atom stereocenters. The number of aliphatic hydroxyl groups is 2. The SMILES string of the molecule is Cc1ccccc1B(O)O.OCc1ccc(-c2ccccc2Cl)cc1N1CC[C@H](Oc2ncccc2Cl)C1.OCc1ccc(Br)cc1N1CC[C@H](Oc2ncccc2Cl)C1. The Bertz CT molecular complexity index is 2350. The molecule has 0 radical (unpaired) electrons. The number of aliphatic hydroxyl groups excluding tert-OH is 2. The van der Waals surface area contributed by atoms with E-state index >= 15 is 0 Å². The van der Waals surface area contributed by atoms with Crippen LogP contribution in [0.4, 0.5) is 11.4 Å². The van der Waals surface area contributed by atoms with Crippen LogP contribution >= 0.6 is 50.7 Å². The van der Waals surface area contributed by atoms with Crippen molar-refractivity contribution in [3.05, 3.63) is 158 Å². The first-order valence-electron chi connectivity index (χ1n) is 19.4. The number of nitrogens with zero attached hydrogens (tertiary/aromatic N) is 4. The first-order valence-corrected chi connectivity index (χ1v) is 21.3. The fourth-order valence-electron chi connectivity index (χ4n) is 7.01. The number of halogens is 4. The van der Waals surface area contributed by atoms with Crippen molar-refractivity contribution in [1.29, 1.82) is 0 Å². The van der Waals surface area contributed by atoms with Crippen molar-refractivity contribution in [3.8, 4) is 22.9 Å². The third kappa shape index (κ3) is 11.9. The molecule has 8 rings (SSSR count). The molecular weight excluding hydrogens is 890 g/mol. The molecule has 0 amide bonds. The Morgan fingerprint density at radius 2 is 1.18 bits per heavy atom. The maximum absolute atomic E-state index is 9.82. The number of hydrogen-bond acceptors (Lipinski definition) is 10. The molecule has 2 atom stereocenters. The molecule has 2 fully saturated rings. The molecule has 2 saturated heterocycles. The minimum Gasteiger partial charge on any atom is -0.471 e. The van der Waals surface area contributed by atoms with Crippen molar-refractivity contribution in [3.63, 3.8) is 0 Å². The fraction of sp³-hybridized carbons (Fsp3) is 0.244. The van der Waals surface area contributed by atoms with E-state index in [1.807, 2.05) is 73.7 Å². The molecule has 4 N–H and O–H groups in total. The first kappa shape index (κ1) is 45.2. The average Bonchev–Trinajstić information content (AvgIpc) is 3.93. The second-order valence-electron chi connectivity index (χ2n) is 14.2. The maximum atomic E-state index is 9.82. The number of aryl methyl sites for hydroxylation is 1. The lowest BCUT2D eigenvalue weighted by atomic mass is 9.77. The van der Waals surface area contributed by atoms with E-state index in [0.29, 0.717) is 38.8 Å². The predicted molar refractivity (Wildman–Crippen MR) is 245 cm³/mol. The topological polar surface area (TPSA) is 132 Å². The van der Waals surface area contributed by atoms with Gasteiger partial charge < -0.3 is 39.5 Å². The molecule has 15 heteroatoms. The van der Waals surface area contributed by atoms with E-state index in [4.69, 9.17) is 54.3 Å². The number of aromatic nitrogens is 2. The second kappa shape index (κ2) is 21.9. The Labute approximate surface area is 374 Å². The Kier molecular flexibility index (Phi) is 16.5. The summed E-state index contributed by atoms with van der Waals surface area (Å²) in [6.45, 7) is 4.99. The Balaban J connectivity index is 0.000000167. The Hall–Kier alpha value is -4.37. The molecule has 2 aliphatic heterocycles. The van der Waals surface area contributed by atoms with Gasteiger partial charge in [-0.15, -0.1) is 0 Å². The number of ether oxygens (including phenoxy) is 2. The predicted octanol–water partition coefficient (Wildman–Crippen LogP) is 8.53. The van der Waals surface area contributed by atoms with Crippen LogP contribution in [0.1, 0.15) is 29.5 Å². The van der Waals surface area contributed by atoms with Crippen LogP contribution in [-0.4, -0.2) is 75.7 Å². The first-order chi connectivity index (χ1) is 29.0. The number of hydrogen-bond donors (Lipinski definition) is 4. The van der Waals surface area contributed by atoms with Crippen LogP contribution in [0.25, 0.3) is 11.1 Å². The zero-order valence-corrected chi connectivity index (χ0v) is 36.7. The number of benzene rings is 4. The highest BCUT2D eigenvalue weighted by Gasteiger charge is 2.28. The van der Waals surface area contributed by atoms with Gasteiger partial charge in [-0.25, -0.2) is 9.97 Å². The summed E-state index contributed by atoms with van der Waals surface area (Å²) < 4.78 is 12.9. The van der Waals surface area contributed by atoms with Gasteiger partial charge in [0.05, 0.1) is 26.3 Å². The highest BCUT2D eigenvalue weighted by molar-refractivity contribution is 9.10. The van der Waals surface area contributed by atoms with Gasteiger partial charge in [0.2, 0.25) is 11.8 Å². The van der Waals surface area contributed by atoms with Crippen molar-refractivity contribution in [2.75, 3.05) is 36.0 Å². The average molecular weight is 935 g/mol. The number of pyridine rings is 2. The van der Waals surface area contributed by atoms with Crippen molar-refractivity contribution in [2.45, 2.75) is 45.2 Å². The van der Waals surface area contributed by atoms with Crippen LogP contribution in [0.2, 0.25) is 15.1 Å². The lowest BCUT2D eigenvalue weighted by Crippen LogP contribution is -2.31. The third-order valence-corrected chi connectivity index (χ3v) is 11.5. The summed E-state index contributed by atoms with van der Waals surface area (Å²) >= 11 is 22.1. The molecule has 60 heavy (non-hydrogen) atoms. The van der Waals surface area contributed by atoms with Crippen LogP contribution < -0.4 is 24.7 Å². The van der Waals surface area contributed by atoms with E-state index in [2.05, 4.69) is 41.8 Å². The summed E-state index contributed by atoms with van der Waals surface area (Å²) in [7, 11) is -1.35. The lowest BCUT2D eigenvalue weighted by Gasteiger charge is -2.23. The zero-order chi connectivity index (χ0) is 42.6. The van der Waals surface area contributed by atoms with Crippen LogP contribution in [0.5, 0.6) is 11.8 Å². The van der Waals surface area contributed by atoms with Gasteiger partial charge >= 0.3 is 7.12 Å². The van der Waals surface area contributed by atoms with Crippen molar-refractivity contribution < 1.29 is 29.7 Å². The summed E-state index contributed by atoms with van der Waals surface area (Å²) in [6.07, 6.45) is 5.12. The fourth-order valence-corrected chi connectivity index (χ4v) is 7.94. The van der Waals surface area contributed by atoms with Crippen LogP contribution in [0, 0.1) is 6.92 Å². The Morgan fingerprint density at radius 1 is 0.667 bits per heavy atom. The van der Waals surface area contributed by atoms with Gasteiger partial charge in [-0.1, -0.05) is 117 Å². The molecule has 4 aromatic carbocycles. The molecule has 4 heterocycles. The molecule has 0 saturated carbocycles. The molecule has 10 nitrogen and oxygen atoms in total. The summed E-state index contributed by atoms with van der Waals surface area (Å²) in [6, 6.07) is 34.0. The van der Waals surface area contributed by atoms with E-state index < -0.39 is 7.12 Å². The molecule has 6 aromatic rings. The smallest absolute Gasteiger partial charge is 0.471 e. The van der Waals surface area contributed by atoms with Crippen molar-refractivity contribution >= 4 is 74.7 Å². The van der Waals surface area contributed by atoms with Gasteiger partial charge in [0.15, 0.2) is 0 Å². The van der Waals surface area contributed by atoms with Crippen LogP contribution in [0.3, 0.4) is 0 Å². The van der Waals surface area contributed by atoms with E-state index in [-0.39, 0.29) is 25.4 Å². The summed E-state index contributed by atoms with van der Waals surface area (Å²) in [5, 5.41) is 38.6. The zero-order valence-electron chi connectivity index (χ0n) is 32.8. The summed E-state index contributed by atoms with van der Waals surface area (Å²) in [5.74, 6) is 0.941. The van der Waals surface area contributed by atoms with Gasteiger partial charge in [-0.3, -0.25) is 0 Å². The molecule has 0 aliphatic carbocycles. The minimum absolute atomic E-state index is 0.0112. The van der Waals surface area contributed by atoms with Crippen molar-refractivity contribution in [1.82, 2.24) is 9.97 Å². The summed E-state index contributed by atoms with van der Waals surface area (Å²) in [4.78, 5) is 12.8. The third-order valence-electron chi connectivity index (χ3n) is 10.1. The highest BCUT2D eigenvalue weighted by atomic mass is 79.9. The minimum atomic E-state index is -1.35. The molecule has 2 aromatic heterocycles. The van der Waals surface area contributed by atoms with E-state index in [1.165, 1.54) is 0 Å².